The fourth-order valence-corrected chi connectivity index (χ4v) is 7.01. The van der Waals surface area contributed by atoms with E-state index in [1.165, 1.54) is 29.0 Å². The molecular formula is C26H27ClN4O2S. The number of rotatable bonds is 4. The number of halogens is 1. The van der Waals surface area contributed by atoms with Crippen LogP contribution >= 0.6 is 22.9 Å². The summed E-state index contributed by atoms with van der Waals surface area (Å²) in [5, 5.41) is 4.33. The van der Waals surface area contributed by atoms with Crippen LogP contribution < -0.4 is 10.2 Å². The van der Waals surface area contributed by atoms with Gasteiger partial charge in [0.25, 0.3) is 0 Å². The van der Waals surface area contributed by atoms with Crippen LogP contribution in [0, 0.1) is 0 Å². The van der Waals surface area contributed by atoms with E-state index >= 15 is 0 Å². The first kappa shape index (κ1) is 22.0. The van der Waals surface area contributed by atoms with Crippen molar-refractivity contribution in [3.05, 3.63) is 45.9 Å². The Bertz CT molecular complexity index is 1270. The van der Waals surface area contributed by atoms with Gasteiger partial charge in [-0.3, -0.25) is 19.5 Å². The van der Waals surface area contributed by atoms with Gasteiger partial charge in [-0.05, 0) is 62.1 Å². The van der Waals surface area contributed by atoms with E-state index in [4.69, 9.17) is 11.6 Å². The molecule has 176 valence electrons. The summed E-state index contributed by atoms with van der Waals surface area (Å²) in [5.41, 5.74) is 5.79. The number of pyridine rings is 1. The van der Waals surface area contributed by atoms with Crippen molar-refractivity contribution in [3.63, 3.8) is 0 Å². The van der Waals surface area contributed by atoms with Gasteiger partial charge < -0.3 is 10.2 Å². The van der Waals surface area contributed by atoms with Gasteiger partial charge in [0, 0.05) is 64.9 Å². The van der Waals surface area contributed by atoms with Crippen LogP contribution in [0.1, 0.15) is 42.5 Å². The van der Waals surface area contributed by atoms with Gasteiger partial charge in [-0.2, -0.15) is 0 Å². The van der Waals surface area contributed by atoms with Crippen molar-refractivity contribution in [2.45, 2.75) is 51.1 Å². The minimum atomic E-state index is -0.0868. The van der Waals surface area contributed by atoms with Crippen molar-refractivity contribution >= 4 is 50.7 Å². The summed E-state index contributed by atoms with van der Waals surface area (Å²) in [6, 6.07) is 8.80. The third-order valence-corrected chi connectivity index (χ3v) is 8.58. The number of carbonyl (C=O) groups excluding carboxylic acids is 2. The molecule has 1 N–H and O–H groups in total. The number of hydrogen-bond acceptors (Lipinski definition) is 6. The topological polar surface area (TPSA) is 65.5 Å². The Morgan fingerprint density at radius 3 is 2.74 bits per heavy atom. The number of nitrogens with one attached hydrogen (secondary N) is 1. The van der Waals surface area contributed by atoms with E-state index in [1.807, 2.05) is 12.3 Å². The van der Waals surface area contributed by atoms with Crippen molar-refractivity contribution < 1.29 is 9.59 Å². The lowest BCUT2D eigenvalue weighted by molar-refractivity contribution is -0.138. The Hall–Kier alpha value is -2.48. The van der Waals surface area contributed by atoms with Crippen LogP contribution in [0.3, 0.4) is 0 Å². The van der Waals surface area contributed by atoms with Gasteiger partial charge in [-0.1, -0.05) is 11.6 Å². The molecule has 0 bridgehead atoms. The van der Waals surface area contributed by atoms with Crippen LogP contribution in [0.25, 0.3) is 21.3 Å². The third-order valence-electron chi connectivity index (χ3n) is 7.22. The van der Waals surface area contributed by atoms with E-state index in [9.17, 15) is 9.59 Å². The molecule has 0 unspecified atom stereocenters. The summed E-state index contributed by atoms with van der Waals surface area (Å²) in [5.74, 6) is -0.174. The second-order valence-corrected chi connectivity index (χ2v) is 11.0. The molecular weight excluding hydrogens is 468 g/mol. The lowest BCUT2D eigenvalue weighted by atomic mass is 9.91. The van der Waals surface area contributed by atoms with Crippen molar-refractivity contribution in [1.29, 1.82) is 0 Å². The number of aromatic nitrogens is 1. The normalized spacial score (nSPS) is 20.9. The number of aryl methyl sites for hydroxylation is 1. The van der Waals surface area contributed by atoms with E-state index in [1.54, 1.807) is 11.3 Å². The highest BCUT2D eigenvalue weighted by molar-refractivity contribution is 7.19. The fraction of sp³-hybridized carbons (Fsp3) is 0.423. The molecule has 2 saturated heterocycles. The zero-order valence-electron chi connectivity index (χ0n) is 19.0. The predicted octanol–water partition coefficient (Wildman–Crippen LogP) is 4.77. The molecule has 0 aliphatic carbocycles. The molecule has 3 aliphatic rings. The molecule has 0 spiro atoms. The molecule has 1 atom stereocenters. The number of anilines is 1. The molecule has 6 rings (SSSR count). The van der Waals surface area contributed by atoms with Crippen LogP contribution in [0.5, 0.6) is 0 Å². The van der Waals surface area contributed by atoms with E-state index in [0.29, 0.717) is 25.4 Å². The number of benzene rings is 1. The standard InChI is InChI=1S/C26H27ClN4O2S/c27-17-11-16-3-2-10-30(18-4-1-8-28-14-18)25(16)21(12-17)20-7-9-29-22-13-19(34-26(20)22)15-31-23(32)5-6-24(31)33/h7,9,11-13,18,28H,1-6,8,10,14-15H2/t18-/m1/s1. The van der Waals surface area contributed by atoms with E-state index in [2.05, 4.69) is 33.4 Å². The van der Waals surface area contributed by atoms with Crippen LogP contribution in [0.15, 0.2) is 30.5 Å². The van der Waals surface area contributed by atoms with Crippen molar-refractivity contribution in [2.75, 3.05) is 24.5 Å². The number of amides is 2. The average Bonchev–Trinajstić information content (AvgIpc) is 3.41. The minimum absolute atomic E-state index is 0.0868. The summed E-state index contributed by atoms with van der Waals surface area (Å²) in [6.07, 6.45) is 7.03. The molecule has 2 fully saturated rings. The van der Waals surface area contributed by atoms with Gasteiger partial charge in [0.15, 0.2) is 0 Å². The molecule has 6 nitrogen and oxygen atoms in total. The molecule has 5 heterocycles. The van der Waals surface area contributed by atoms with Gasteiger partial charge in [-0.15, -0.1) is 11.3 Å². The predicted molar refractivity (Wildman–Crippen MR) is 136 cm³/mol. The number of fused-ring (bicyclic) bond motifs is 2. The highest BCUT2D eigenvalue weighted by atomic mass is 35.5. The monoisotopic (exact) mass is 494 g/mol. The average molecular weight is 495 g/mol. The number of thiophene rings is 1. The molecule has 1 aromatic carbocycles. The molecule has 2 amide bonds. The summed E-state index contributed by atoms with van der Waals surface area (Å²) < 4.78 is 1.08. The second kappa shape index (κ2) is 8.95. The van der Waals surface area contributed by atoms with Gasteiger partial charge in [0.1, 0.15) is 0 Å². The highest BCUT2D eigenvalue weighted by Gasteiger charge is 2.31. The van der Waals surface area contributed by atoms with Crippen LogP contribution in [0.4, 0.5) is 5.69 Å². The van der Waals surface area contributed by atoms with Gasteiger partial charge in [0.05, 0.1) is 16.8 Å². The molecule has 2 aromatic heterocycles. The second-order valence-electron chi connectivity index (χ2n) is 9.42. The molecule has 0 saturated carbocycles. The van der Waals surface area contributed by atoms with Crippen molar-refractivity contribution in [2.24, 2.45) is 0 Å². The largest absolute Gasteiger partial charge is 0.367 e. The Kier molecular flexibility index (Phi) is 5.79. The maximum atomic E-state index is 12.1. The highest BCUT2D eigenvalue weighted by Crippen LogP contribution is 2.44. The van der Waals surface area contributed by atoms with E-state index in [-0.39, 0.29) is 11.8 Å². The Morgan fingerprint density at radius 1 is 1.09 bits per heavy atom. The van der Waals surface area contributed by atoms with E-state index in [0.717, 1.165) is 63.7 Å². The lowest BCUT2D eigenvalue weighted by Gasteiger charge is -2.41. The number of hydrogen-bond donors (Lipinski definition) is 1. The third kappa shape index (κ3) is 3.89. The van der Waals surface area contributed by atoms with Gasteiger partial charge >= 0.3 is 0 Å². The van der Waals surface area contributed by atoms with Crippen molar-refractivity contribution in [3.8, 4) is 11.1 Å². The summed E-state index contributed by atoms with van der Waals surface area (Å²) in [7, 11) is 0. The minimum Gasteiger partial charge on any atom is -0.367 e. The maximum absolute atomic E-state index is 12.1. The van der Waals surface area contributed by atoms with Gasteiger partial charge in [-0.25, -0.2) is 0 Å². The van der Waals surface area contributed by atoms with Crippen LogP contribution in [-0.2, 0) is 22.6 Å². The van der Waals surface area contributed by atoms with Crippen LogP contribution in [0.2, 0.25) is 5.02 Å². The van der Waals surface area contributed by atoms with Gasteiger partial charge in [0.2, 0.25) is 11.8 Å². The number of piperidine rings is 1. The number of likely N-dealkylation sites (tertiary alicyclic amines) is 1. The molecule has 3 aromatic rings. The smallest absolute Gasteiger partial charge is 0.230 e. The molecule has 8 heteroatoms. The quantitative estimate of drug-likeness (QED) is 0.529. The van der Waals surface area contributed by atoms with E-state index < -0.39 is 0 Å². The number of nitrogens with zero attached hydrogens (tertiary/aromatic N) is 3. The number of imide groups is 1. The fourth-order valence-electron chi connectivity index (χ4n) is 5.64. The Labute approximate surface area is 207 Å². The lowest BCUT2D eigenvalue weighted by Crippen LogP contribution is -2.48. The first-order valence-corrected chi connectivity index (χ1v) is 13.3. The SMILES string of the molecule is O=C1CCC(=O)N1Cc1cc2nccc(-c3cc(Cl)cc4c3N([C@@H]3CCCNC3)CCC4)c2s1. The first-order chi connectivity index (χ1) is 16.6. The zero-order valence-corrected chi connectivity index (χ0v) is 20.6. The molecule has 0 radical (unpaired) electrons. The molecule has 34 heavy (non-hydrogen) atoms. The Balaban J connectivity index is 1.45. The molecule has 3 aliphatic heterocycles. The van der Waals surface area contributed by atoms with Crippen LogP contribution in [-0.4, -0.2) is 47.4 Å². The zero-order chi connectivity index (χ0) is 23.2. The maximum Gasteiger partial charge on any atom is 0.230 e. The summed E-state index contributed by atoms with van der Waals surface area (Å²) >= 11 is 8.26. The summed E-state index contributed by atoms with van der Waals surface area (Å²) in [6.45, 7) is 3.48. The Morgan fingerprint density at radius 2 is 1.94 bits per heavy atom. The first-order valence-electron chi connectivity index (χ1n) is 12.1. The summed E-state index contributed by atoms with van der Waals surface area (Å²) in [4.78, 5) is 33.9. The van der Waals surface area contributed by atoms with Crippen molar-refractivity contribution in [1.82, 2.24) is 15.2 Å². The number of carbonyl (C=O) groups is 2.